The number of hydrogen-bond donors (Lipinski definition) is 0. The van der Waals surface area contributed by atoms with Crippen molar-refractivity contribution in [3.63, 3.8) is 0 Å². The summed E-state index contributed by atoms with van der Waals surface area (Å²) in [7, 11) is 3.10. The number of ether oxygens (including phenoxy) is 3. The van der Waals surface area contributed by atoms with E-state index in [1.165, 1.54) is 0 Å². The van der Waals surface area contributed by atoms with E-state index in [1.807, 2.05) is 12.1 Å². The molecule has 0 aliphatic carbocycles. The highest BCUT2D eigenvalue weighted by Crippen LogP contribution is 2.31. The first-order valence-corrected chi connectivity index (χ1v) is 4.48. The lowest BCUT2D eigenvalue weighted by atomic mass is 10.1. The molecule has 15 heavy (non-hydrogen) atoms. The lowest BCUT2D eigenvalue weighted by Gasteiger charge is -2.12. The summed E-state index contributed by atoms with van der Waals surface area (Å²) in [6.07, 6.45) is 0.288. The Hall–Kier alpha value is -1.73. The SMILES string of the molecule is COCOc1c(CC#N)cccc1OC. The highest BCUT2D eigenvalue weighted by molar-refractivity contribution is 5.47. The smallest absolute Gasteiger partial charge is 0.188 e. The van der Waals surface area contributed by atoms with E-state index >= 15 is 0 Å². The molecule has 0 bridgehead atoms. The number of para-hydroxylation sites is 1. The number of nitriles is 1. The lowest BCUT2D eigenvalue weighted by Crippen LogP contribution is -2.03. The molecular weight excluding hydrogens is 194 g/mol. The molecule has 0 unspecified atom stereocenters. The summed E-state index contributed by atoms with van der Waals surface area (Å²) in [6.45, 7) is 0.138. The van der Waals surface area contributed by atoms with Gasteiger partial charge < -0.3 is 14.2 Å². The van der Waals surface area contributed by atoms with E-state index in [0.29, 0.717) is 11.5 Å². The summed E-state index contributed by atoms with van der Waals surface area (Å²) in [6, 6.07) is 7.51. The van der Waals surface area contributed by atoms with Crippen molar-refractivity contribution >= 4 is 0 Å². The van der Waals surface area contributed by atoms with Crippen LogP contribution in [0.4, 0.5) is 0 Å². The Morgan fingerprint density at radius 1 is 1.33 bits per heavy atom. The topological polar surface area (TPSA) is 51.5 Å². The van der Waals surface area contributed by atoms with Crippen LogP contribution in [0.3, 0.4) is 0 Å². The molecule has 1 rings (SSSR count). The van der Waals surface area contributed by atoms with Crippen LogP contribution in [0.25, 0.3) is 0 Å². The van der Waals surface area contributed by atoms with Gasteiger partial charge in [0.15, 0.2) is 18.3 Å². The fourth-order valence-corrected chi connectivity index (χ4v) is 1.23. The van der Waals surface area contributed by atoms with Gasteiger partial charge >= 0.3 is 0 Å². The molecule has 0 fully saturated rings. The Morgan fingerprint density at radius 2 is 2.13 bits per heavy atom. The van der Waals surface area contributed by atoms with Crippen molar-refractivity contribution in [3.8, 4) is 17.6 Å². The molecule has 0 amide bonds. The number of benzene rings is 1. The van der Waals surface area contributed by atoms with Gasteiger partial charge in [0.05, 0.1) is 19.6 Å². The first-order chi connectivity index (χ1) is 7.33. The van der Waals surface area contributed by atoms with E-state index in [0.717, 1.165) is 5.56 Å². The average molecular weight is 207 g/mol. The van der Waals surface area contributed by atoms with Crippen LogP contribution in [-0.4, -0.2) is 21.0 Å². The van der Waals surface area contributed by atoms with Crippen LogP contribution >= 0.6 is 0 Å². The zero-order chi connectivity index (χ0) is 11.1. The Bertz CT molecular complexity index is 357. The number of nitrogens with zero attached hydrogens (tertiary/aromatic N) is 1. The van der Waals surface area contributed by atoms with E-state index in [-0.39, 0.29) is 13.2 Å². The third-order valence-corrected chi connectivity index (χ3v) is 1.87. The van der Waals surface area contributed by atoms with E-state index in [2.05, 4.69) is 6.07 Å². The van der Waals surface area contributed by atoms with Crippen molar-refractivity contribution in [2.75, 3.05) is 21.0 Å². The number of rotatable bonds is 5. The van der Waals surface area contributed by atoms with Gasteiger partial charge in [0.2, 0.25) is 0 Å². The summed E-state index contributed by atoms with van der Waals surface area (Å²) in [5.41, 5.74) is 0.800. The van der Waals surface area contributed by atoms with Crippen molar-refractivity contribution in [2.45, 2.75) is 6.42 Å². The normalized spacial score (nSPS) is 9.40. The molecule has 80 valence electrons. The minimum Gasteiger partial charge on any atom is -0.493 e. The van der Waals surface area contributed by atoms with E-state index in [1.54, 1.807) is 20.3 Å². The maximum absolute atomic E-state index is 8.66. The van der Waals surface area contributed by atoms with Crippen molar-refractivity contribution in [3.05, 3.63) is 23.8 Å². The predicted octanol–water partition coefficient (Wildman–Crippen LogP) is 1.74. The first kappa shape index (κ1) is 11.3. The Labute approximate surface area is 89.0 Å². The van der Waals surface area contributed by atoms with Crippen LogP contribution in [0, 0.1) is 11.3 Å². The van der Waals surface area contributed by atoms with Gasteiger partial charge in [0.1, 0.15) is 0 Å². The standard InChI is InChI=1S/C11H13NO3/c1-13-8-15-11-9(6-7-12)4-3-5-10(11)14-2/h3-5H,6,8H2,1-2H3. The van der Waals surface area contributed by atoms with Crippen LogP contribution in [0.5, 0.6) is 11.5 Å². The summed E-state index contributed by atoms with van der Waals surface area (Å²) >= 11 is 0. The van der Waals surface area contributed by atoms with Crippen molar-refractivity contribution < 1.29 is 14.2 Å². The Kier molecular flexibility index (Phi) is 4.45. The van der Waals surface area contributed by atoms with Gasteiger partial charge in [-0.3, -0.25) is 0 Å². The maximum atomic E-state index is 8.66. The molecule has 0 saturated carbocycles. The van der Waals surface area contributed by atoms with Gasteiger partial charge in [-0.2, -0.15) is 5.26 Å². The quantitative estimate of drug-likeness (QED) is 0.690. The van der Waals surface area contributed by atoms with E-state index < -0.39 is 0 Å². The van der Waals surface area contributed by atoms with Gasteiger partial charge in [-0.25, -0.2) is 0 Å². The molecule has 0 N–H and O–H groups in total. The molecule has 4 heteroatoms. The van der Waals surface area contributed by atoms with Crippen molar-refractivity contribution in [1.29, 1.82) is 5.26 Å². The minimum absolute atomic E-state index is 0.138. The number of hydrogen-bond acceptors (Lipinski definition) is 4. The second-order valence-electron chi connectivity index (χ2n) is 2.83. The fourth-order valence-electron chi connectivity index (χ4n) is 1.23. The second-order valence-corrected chi connectivity index (χ2v) is 2.83. The molecule has 0 spiro atoms. The van der Waals surface area contributed by atoms with Gasteiger partial charge in [0, 0.05) is 12.7 Å². The minimum atomic E-state index is 0.138. The molecule has 1 aromatic rings. The average Bonchev–Trinajstić information content (AvgIpc) is 2.27. The van der Waals surface area contributed by atoms with Crippen LogP contribution in [0.15, 0.2) is 18.2 Å². The third-order valence-electron chi connectivity index (χ3n) is 1.87. The fraction of sp³-hybridized carbons (Fsp3) is 0.364. The zero-order valence-corrected chi connectivity index (χ0v) is 8.82. The maximum Gasteiger partial charge on any atom is 0.188 e. The highest BCUT2D eigenvalue weighted by Gasteiger charge is 2.09. The van der Waals surface area contributed by atoms with Crippen LogP contribution in [0.1, 0.15) is 5.56 Å². The summed E-state index contributed by atoms with van der Waals surface area (Å²) in [5, 5.41) is 8.66. The molecule has 4 nitrogen and oxygen atoms in total. The molecule has 0 aromatic heterocycles. The van der Waals surface area contributed by atoms with Crippen LogP contribution in [0.2, 0.25) is 0 Å². The zero-order valence-electron chi connectivity index (χ0n) is 8.82. The molecule has 0 aliphatic rings. The van der Waals surface area contributed by atoms with Crippen molar-refractivity contribution in [2.24, 2.45) is 0 Å². The lowest BCUT2D eigenvalue weighted by molar-refractivity contribution is 0.0485. The molecule has 0 aliphatic heterocycles. The van der Waals surface area contributed by atoms with Gasteiger partial charge in [-0.1, -0.05) is 12.1 Å². The molecule has 0 heterocycles. The molecule has 0 saturated heterocycles. The first-order valence-electron chi connectivity index (χ1n) is 4.48. The number of methoxy groups -OCH3 is 2. The monoisotopic (exact) mass is 207 g/mol. The van der Waals surface area contributed by atoms with Crippen LogP contribution in [-0.2, 0) is 11.2 Å². The van der Waals surface area contributed by atoms with Gasteiger partial charge in [0.25, 0.3) is 0 Å². The molecule has 1 aromatic carbocycles. The summed E-state index contributed by atoms with van der Waals surface area (Å²) in [4.78, 5) is 0. The highest BCUT2D eigenvalue weighted by atomic mass is 16.7. The van der Waals surface area contributed by atoms with Gasteiger partial charge in [-0.05, 0) is 6.07 Å². The summed E-state index contributed by atoms with van der Waals surface area (Å²) < 4.78 is 15.3. The molecular formula is C11H13NO3. The molecule has 0 radical (unpaired) electrons. The van der Waals surface area contributed by atoms with Crippen molar-refractivity contribution in [1.82, 2.24) is 0 Å². The Balaban J connectivity index is 2.98. The van der Waals surface area contributed by atoms with E-state index in [9.17, 15) is 0 Å². The van der Waals surface area contributed by atoms with Crippen LogP contribution < -0.4 is 9.47 Å². The summed E-state index contributed by atoms with van der Waals surface area (Å²) in [5.74, 6) is 1.18. The van der Waals surface area contributed by atoms with Gasteiger partial charge in [-0.15, -0.1) is 0 Å². The second kappa shape index (κ2) is 5.89. The Morgan fingerprint density at radius 3 is 2.73 bits per heavy atom. The predicted molar refractivity (Wildman–Crippen MR) is 54.8 cm³/mol. The van der Waals surface area contributed by atoms with E-state index in [4.69, 9.17) is 19.5 Å². The molecule has 0 atom stereocenters. The largest absolute Gasteiger partial charge is 0.493 e. The third kappa shape index (κ3) is 2.86.